The van der Waals surface area contributed by atoms with E-state index < -0.39 is 5.97 Å². The van der Waals surface area contributed by atoms with Gasteiger partial charge in [-0.05, 0) is 23.6 Å². The summed E-state index contributed by atoms with van der Waals surface area (Å²) in [5, 5.41) is 16.7. The normalized spacial score (nSPS) is 10.9. The molecule has 6 nitrogen and oxygen atoms in total. The highest BCUT2D eigenvalue weighted by Crippen LogP contribution is 2.25. The molecule has 0 amide bonds. The standard InChI is InChI=1S/C16H15BrN4O2/c1-2-11-12(16(22)23)8-21-14(11)15(19-9-20-21)18-7-10-5-3-4-6-13(10)17/h3-6,8-9H,2,7H2,1H3,(H,22,23)(H,18,19,20). The summed E-state index contributed by atoms with van der Waals surface area (Å²) >= 11 is 3.52. The third-order valence-electron chi connectivity index (χ3n) is 3.67. The van der Waals surface area contributed by atoms with Crippen molar-refractivity contribution in [3.05, 3.63) is 58.0 Å². The summed E-state index contributed by atoms with van der Waals surface area (Å²) in [6.07, 6.45) is 3.54. The van der Waals surface area contributed by atoms with Crippen LogP contribution in [0.15, 0.2) is 41.3 Å². The molecule has 0 atom stereocenters. The van der Waals surface area contributed by atoms with E-state index in [-0.39, 0.29) is 5.56 Å². The molecule has 0 aliphatic carbocycles. The molecule has 3 rings (SSSR count). The summed E-state index contributed by atoms with van der Waals surface area (Å²) in [4.78, 5) is 15.7. The first-order valence-corrected chi connectivity index (χ1v) is 7.97. The minimum absolute atomic E-state index is 0.261. The lowest BCUT2D eigenvalue weighted by atomic mass is 10.1. The minimum atomic E-state index is -0.955. The summed E-state index contributed by atoms with van der Waals surface area (Å²) in [5.41, 5.74) is 2.79. The highest BCUT2D eigenvalue weighted by molar-refractivity contribution is 9.10. The molecule has 118 valence electrons. The predicted molar refractivity (Wildman–Crippen MR) is 90.8 cm³/mol. The van der Waals surface area contributed by atoms with E-state index in [0.29, 0.717) is 24.3 Å². The maximum absolute atomic E-state index is 11.4. The molecule has 0 bridgehead atoms. The van der Waals surface area contributed by atoms with Crippen molar-refractivity contribution in [1.82, 2.24) is 14.6 Å². The van der Waals surface area contributed by atoms with Gasteiger partial charge in [-0.2, -0.15) is 5.10 Å². The molecule has 1 aromatic carbocycles. The second-order valence-corrected chi connectivity index (χ2v) is 5.88. The van der Waals surface area contributed by atoms with Crippen LogP contribution in [0.2, 0.25) is 0 Å². The minimum Gasteiger partial charge on any atom is -0.478 e. The number of anilines is 1. The van der Waals surface area contributed by atoms with Gasteiger partial charge in [-0.3, -0.25) is 0 Å². The van der Waals surface area contributed by atoms with Crippen molar-refractivity contribution in [1.29, 1.82) is 0 Å². The first kappa shape index (κ1) is 15.5. The maximum atomic E-state index is 11.4. The fourth-order valence-corrected chi connectivity index (χ4v) is 2.99. The molecule has 2 aromatic heterocycles. The van der Waals surface area contributed by atoms with Crippen LogP contribution in [0, 0.1) is 0 Å². The second-order valence-electron chi connectivity index (χ2n) is 5.03. The number of halogens is 1. The Hall–Kier alpha value is -2.41. The number of carboxylic acid groups (broad SMARTS) is 1. The number of nitrogens with one attached hydrogen (secondary N) is 1. The molecule has 0 radical (unpaired) electrons. The Balaban J connectivity index is 2.01. The lowest BCUT2D eigenvalue weighted by Gasteiger charge is -2.09. The maximum Gasteiger partial charge on any atom is 0.337 e. The first-order chi connectivity index (χ1) is 11.1. The molecule has 2 heterocycles. The highest BCUT2D eigenvalue weighted by Gasteiger charge is 2.18. The van der Waals surface area contributed by atoms with E-state index in [1.807, 2.05) is 31.2 Å². The van der Waals surface area contributed by atoms with Crippen molar-refractivity contribution in [3.63, 3.8) is 0 Å². The van der Waals surface area contributed by atoms with E-state index in [1.165, 1.54) is 12.5 Å². The van der Waals surface area contributed by atoms with Crippen LogP contribution >= 0.6 is 15.9 Å². The molecule has 3 aromatic rings. The molecule has 0 aliphatic rings. The van der Waals surface area contributed by atoms with Crippen LogP contribution in [-0.4, -0.2) is 25.7 Å². The molecule has 0 aliphatic heterocycles. The molecule has 0 saturated heterocycles. The summed E-state index contributed by atoms with van der Waals surface area (Å²) in [6.45, 7) is 2.50. The van der Waals surface area contributed by atoms with Crippen LogP contribution in [0.5, 0.6) is 0 Å². The Labute approximate surface area is 141 Å². The van der Waals surface area contributed by atoms with Crippen LogP contribution in [0.4, 0.5) is 5.82 Å². The fourth-order valence-electron chi connectivity index (χ4n) is 2.57. The van der Waals surface area contributed by atoms with Gasteiger partial charge in [0.25, 0.3) is 0 Å². The van der Waals surface area contributed by atoms with Gasteiger partial charge in [-0.1, -0.05) is 41.1 Å². The second kappa shape index (κ2) is 6.37. The molecule has 0 spiro atoms. The third-order valence-corrected chi connectivity index (χ3v) is 4.44. The van der Waals surface area contributed by atoms with Gasteiger partial charge >= 0.3 is 5.97 Å². The Kier molecular flexibility index (Phi) is 4.29. The van der Waals surface area contributed by atoms with E-state index in [2.05, 4.69) is 31.3 Å². The number of aromatic nitrogens is 3. The van der Waals surface area contributed by atoms with Crippen molar-refractivity contribution in [2.75, 3.05) is 5.32 Å². The number of rotatable bonds is 5. The molecular formula is C16H15BrN4O2. The number of carbonyl (C=O) groups is 1. The van der Waals surface area contributed by atoms with E-state index in [9.17, 15) is 9.90 Å². The summed E-state index contributed by atoms with van der Waals surface area (Å²) in [5.74, 6) is -0.329. The van der Waals surface area contributed by atoms with Gasteiger partial charge in [0.2, 0.25) is 0 Å². The average Bonchev–Trinajstić information content (AvgIpc) is 2.93. The predicted octanol–water partition coefficient (Wildman–Crippen LogP) is 3.36. The Morgan fingerprint density at radius 1 is 1.39 bits per heavy atom. The monoisotopic (exact) mass is 374 g/mol. The van der Waals surface area contributed by atoms with Crippen LogP contribution in [-0.2, 0) is 13.0 Å². The van der Waals surface area contributed by atoms with Crippen molar-refractivity contribution in [3.8, 4) is 0 Å². The van der Waals surface area contributed by atoms with Crippen LogP contribution in [0.3, 0.4) is 0 Å². The van der Waals surface area contributed by atoms with Crippen molar-refractivity contribution in [2.45, 2.75) is 19.9 Å². The van der Waals surface area contributed by atoms with Crippen LogP contribution in [0.1, 0.15) is 28.4 Å². The lowest BCUT2D eigenvalue weighted by molar-refractivity contribution is 0.0696. The van der Waals surface area contributed by atoms with E-state index >= 15 is 0 Å². The van der Waals surface area contributed by atoms with Gasteiger partial charge in [0.05, 0.1) is 5.56 Å². The molecule has 23 heavy (non-hydrogen) atoms. The van der Waals surface area contributed by atoms with Crippen molar-refractivity contribution < 1.29 is 9.90 Å². The average molecular weight is 375 g/mol. The Morgan fingerprint density at radius 2 is 2.17 bits per heavy atom. The molecule has 0 saturated carbocycles. The van der Waals surface area contributed by atoms with E-state index in [1.54, 1.807) is 4.52 Å². The number of fused-ring (bicyclic) bond motifs is 1. The number of aryl methyl sites for hydroxylation is 1. The third kappa shape index (κ3) is 2.92. The number of nitrogens with zero attached hydrogens (tertiary/aromatic N) is 3. The molecule has 7 heteroatoms. The molecular weight excluding hydrogens is 360 g/mol. The Bertz CT molecular complexity index is 876. The van der Waals surface area contributed by atoms with Crippen LogP contribution < -0.4 is 5.32 Å². The van der Waals surface area contributed by atoms with E-state index in [4.69, 9.17) is 0 Å². The van der Waals surface area contributed by atoms with Gasteiger partial charge < -0.3 is 10.4 Å². The largest absolute Gasteiger partial charge is 0.478 e. The lowest BCUT2D eigenvalue weighted by Crippen LogP contribution is -2.06. The molecule has 0 fully saturated rings. The zero-order valence-electron chi connectivity index (χ0n) is 12.5. The number of aromatic carboxylic acids is 1. The number of carboxylic acids is 1. The summed E-state index contributed by atoms with van der Waals surface area (Å²) in [6, 6.07) is 7.91. The van der Waals surface area contributed by atoms with Gasteiger partial charge in [-0.25, -0.2) is 14.3 Å². The first-order valence-electron chi connectivity index (χ1n) is 7.17. The number of hydrogen-bond donors (Lipinski definition) is 2. The SMILES string of the molecule is CCc1c(C(=O)O)cn2ncnc(NCc3ccccc3Br)c12. The Morgan fingerprint density at radius 3 is 2.87 bits per heavy atom. The molecule has 0 unspecified atom stereocenters. The van der Waals surface area contributed by atoms with Gasteiger partial charge in [0.15, 0.2) is 5.82 Å². The zero-order chi connectivity index (χ0) is 16.4. The van der Waals surface area contributed by atoms with Crippen molar-refractivity contribution in [2.24, 2.45) is 0 Å². The van der Waals surface area contributed by atoms with Gasteiger partial charge in [-0.15, -0.1) is 0 Å². The topological polar surface area (TPSA) is 79.5 Å². The zero-order valence-corrected chi connectivity index (χ0v) is 14.0. The smallest absolute Gasteiger partial charge is 0.337 e. The number of benzene rings is 1. The summed E-state index contributed by atoms with van der Waals surface area (Å²) in [7, 11) is 0. The fraction of sp³-hybridized carbons (Fsp3) is 0.188. The van der Waals surface area contributed by atoms with E-state index in [0.717, 1.165) is 15.6 Å². The number of hydrogen-bond acceptors (Lipinski definition) is 4. The van der Waals surface area contributed by atoms with Gasteiger partial charge in [0.1, 0.15) is 11.8 Å². The summed E-state index contributed by atoms with van der Waals surface area (Å²) < 4.78 is 2.58. The quantitative estimate of drug-likeness (QED) is 0.715. The van der Waals surface area contributed by atoms with Crippen molar-refractivity contribution >= 4 is 33.2 Å². The van der Waals surface area contributed by atoms with Crippen LogP contribution in [0.25, 0.3) is 5.52 Å². The molecule has 2 N–H and O–H groups in total. The highest BCUT2D eigenvalue weighted by atomic mass is 79.9. The van der Waals surface area contributed by atoms with Gasteiger partial charge in [0, 0.05) is 17.2 Å².